The summed E-state index contributed by atoms with van der Waals surface area (Å²) < 4.78 is 7.28. The Kier molecular flexibility index (Phi) is 6.93. The van der Waals surface area contributed by atoms with E-state index in [1.54, 1.807) is 4.52 Å². The Morgan fingerprint density at radius 3 is 2.42 bits per heavy atom. The molecule has 33 heavy (non-hydrogen) atoms. The zero-order valence-corrected chi connectivity index (χ0v) is 20.0. The fourth-order valence-electron chi connectivity index (χ4n) is 3.83. The molecular weight excluding hydrogens is 434 g/mol. The van der Waals surface area contributed by atoms with Crippen molar-refractivity contribution in [2.24, 2.45) is 0 Å². The molecule has 1 atom stereocenters. The van der Waals surface area contributed by atoms with Crippen LogP contribution in [0, 0.1) is 13.8 Å². The van der Waals surface area contributed by atoms with Gasteiger partial charge in [0.25, 0.3) is 5.78 Å². The Morgan fingerprint density at radius 1 is 1.06 bits per heavy atom. The van der Waals surface area contributed by atoms with Gasteiger partial charge in [-0.05, 0) is 50.3 Å². The third-order valence-electron chi connectivity index (χ3n) is 5.51. The van der Waals surface area contributed by atoms with Crippen molar-refractivity contribution in [1.82, 2.24) is 24.9 Å². The van der Waals surface area contributed by atoms with E-state index in [1.807, 2.05) is 81.6 Å². The van der Waals surface area contributed by atoms with Gasteiger partial charge in [-0.1, -0.05) is 54.2 Å². The molecule has 0 saturated heterocycles. The Hall–Kier alpha value is -3.39. The number of nitrogens with zero attached hydrogens (tertiary/aromatic N) is 4. The van der Waals surface area contributed by atoms with E-state index in [1.165, 1.54) is 11.8 Å². The van der Waals surface area contributed by atoms with Gasteiger partial charge in [-0.2, -0.15) is 4.98 Å². The van der Waals surface area contributed by atoms with Crippen LogP contribution >= 0.6 is 11.8 Å². The Bertz CT molecular complexity index is 1260. The molecule has 0 radical (unpaired) electrons. The molecule has 0 aliphatic carbocycles. The fraction of sp³-hybridized carbons (Fsp3) is 0.280. The van der Waals surface area contributed by atoms with E-state index < -0.39 is 0 Å². The van der Waals surface area contributed by atoms with Gasteiger partial charge in [0, 0.05) is 17.0 Å². The lowest BCUT2D eigenvalue weighted by atomic mass is 9.98. The van der Waals surface area contributed by atoms with Crippen LogP contribution in [0.2, 0.25) is 0 Å². The summed E-state index contributed by atoms with van der Waals surface area (Å²) in [7, 11) is 0. The van der Waals surface area contributed by atoms with Crippen molar-refractivity contribution >= 4 is 23.4 Å². The number of aromatic nitrogens is 4. The van der Waals surface area contributed by atoms with E-state index in [9.17, 15) is 4.79 Å². The van der Waals surface area contributed by atoms with E-state index in [4.69, 9.17) is 4.74 Å². The number of hydrogen-bond donors (Lipinski definition) is 1. The number of fused-ring (bicyclic) bond motifs is 1. The van der Waals surface area contributed by atoms with Gasteiger partial charge in [-0.25, -0.2) is 9.50 Å². The molecule has 7 nitrogen and oxygen atoms in total. The largest absolute Gasteiger partial charge is 0.494 e. The number of thioether (sulfide) groups is 1. The summed E-state index contributed by atoms with van der Waals surface area (Å²) in [4.78, 5) is 22.2. The van der Waals surface area contributed by atoms with Crippen LogP contribution in [0.15, 0.2) is 59.8 Å². The zero-order valence-electron chi connectivity index (χ0n) is 19.2. The number of ether oxygens (including phenoxy) is 1. The van der Waals surface area contributed by atoms with Crippen molar-refractivity contribution in [3.63, 3.8) is 0 Å². The first-order valence-corrected chi connectivity index (χ1v) is 12.1. The summed E-state index contributed by atoms with van der Waals surface area (Å²) >= 11 is 1.47. The van der Waals surface area contributed by atoms with Crippen LogP contribution in [-0.4, -0.2) is 38.4 Å². The van der Waals surface area contributed by atoms with Gasteiger partial charge in [-0.3, -0.25) is 4.79 Å². The number of carbonyl (C=O) groups excluding carboxylic acids is 1. The van der Waals surface area contributed by atoms with Crippen LogP contribution in [0.3, 0.4) is 0 Å². The SMILES string of the molecule is CCOc1ccc(C(NC(=O)Cc2c(C)nc3nc(SC)nn3c2C)c2ccccc2)cc1. The van der Waals surface area contributed by atoms with Gasteiger partial charge >= 0.3 is 0 Å². The van der Waals surface area contributed by atoms with Crippen LogP contribution < -0.4 is 10.1 Å². The maximum Gasteiger partial charge on any atom is 0.253 e. The van der Waals surface area contributed by atoms with Gasteiger partial charge in [0.2, 0.25) is 11.1 Å². The highest BCUT2D eigenvalue weighted by atomic mass is 32.2. The lowest BCUT2D eigenvalue weighted by Gasteiger charge is -2.21. The summed E-state index contributed by atoms with van der Waals surface area (Å²) in [6.07, 6.45) is 2.13. The predicted octanol–water partition coefficient (Wildman–Crippen LogP) is 4.31. The van der Waals surface area contributed by atoms with Crippen LogP contribution in [0.1, 0.15) is 41.0 Å². The summed E-state index contributed by atoms with van der Waals surface area (Å²) in [5.74, 6) is 1.27. The van der Waals surface area contributed by atoms with Crippen molar-refractivity contribution in [3.05, 3.63) is 82.7 Å². The molecule has 2 heterocycles. The number of aryl methyl sites for hydroxylation is 2. The number of carbonyl (C=O) groups is 1. The summed E-state index contributed by atoms with van der Waals surface area (Å²) in [6.45, 7) is 6.42. The number of amides is 1. The van der Waals surface area contributed by atoms with Crippen molar-refractivity contribution < 1.29 is 9.53 Å². The minimum absolute atomic E-state index is 0.0877. The van der Waals surface area contributed by atoms with E-state index >= 15 is 0 Å². The van der Waals surface area contributed by atoms with E-state index in [-0.39, 0.29) is 18.4 Å². The second-order valence-corrected chi connectivity index (χ2v) is 8.43. The van der Waals surface area contributed by atoms with E-state index in [2.05, 4.69) is 20.4 Å². The molecule has 0 saturated carbocycles. The molecule has 0 bridgehead atoms. The van der Waals surface area contributed by atoms with Crippen LogP contribution in [0.25, 0.3) is 5.78 Å². The van der Waals surface area contributed by atoms with Crippen molar-refractivity contribution in [2.45, 2.75) is 38.4 Å². The molecular formula is C25H27N5O2S. The van der Waals surface area contributed by atoms with Gasteiger partial charge in [0.15, 0.2) is 0 Å². The average molecular weight is 462 g/mol. The Labute approximate surface area is 197 Å². The monoisotopic (exact) mass is 461 g/mol. The third-order valence-corrected chi connectivity index (χ3v) is 6.05. The van der Waals surface area contributed by atoms with Gasteiger partial charge in [0.05, 0.1) is 19.1 Å². The second-order valence-electron chi connectivity index (χ2n) is 7.66. The standard InChI is InChI=1S/C25H27N5O2S/c1-5-32-20-13-11-19(12-14-20)23(18-9-7-6-8-10-18)27-22(31)15-21-16(2)26-24-28-25(33-4)29-30(24)17(21)3/h6-14,23H,5,15H2,1-4H3,(H,27,31). The maximum atomic E-state index is 13.2. The molecule has 170 valence electrons. The van der Waals surface area contributed by atoms with Crippen molar-refractivity contribution in [3.8, 4) is 5.75 Å². The van der Waals surface area contributed by atoms with Crippen molar-refractivity contribution in [1.29, 1.82) is 0 Å². The number of rotatable bonds is 8. The van der Waals surface area contributed by atoms with Crippen LogP contribution in [0.4, 0.5) is 0 Å². The molecule has 4 rings (SSSR count). The normalized spacial score (nSPS) is 12.0. The third kappa shape index (κ3) is 5.01. The Morgan fingerprint density at radius 2 is 1.76 bits per heavy atom. The highest BCUT2D eigenvalue weighted by Crippen LogP contribution is 2.25. The molecule has 0 spiro atoms. The molecule has 1 amide bonds. The predicted molar refractivity (Wildman–Crippen MR) is 130 cm³/mol. The zero-order chi connectivity index (χ0) is 23.4. The molecule has 0 fully saturated rings. The number of nitrogens with one attached hydrogen (secondary N) is 1. The minimum Gasteiger partial charge on any atom is -0.494 e. The first-order chi connectivity index (χ1) is 16.0. The van der Waals surface area contributed by atoms with Gasteiger partial charge in [-0.15, -0.1) is 5.10 Å². The van der Waals surface area contributed by atoms with Gasteiger partial charge < -0.3 is 10.1 Å². The van der Waals surface area contributed by atoms with Crippen molar-refractivity contribution in [2.75, 3.05) is 12.9 Å². The fourth-order valence-corrected chi connectivity index (χ4v) is 4.17. The summed E-state index contributed by atoms with van der Waals surface area (Å²) in [5, 5.41) is 8.35. The molecule has 1 unspecified atom stereocenters. The quantitative estimate of drug-likeness (QED) is 0.394. The topological polar surface area (TPSA) is 81.4 Å². The molecule has 4 aromatic rings. The first-order valence-electron chi connectivity index (χ1n) is 10.8. The lowest BCUT2D eigenvalue weighted by Crippen LogP contribution is -2.31. The summed E-state index contributed by atoms with van der Waals surface area (Å²) in [5.41, 5.74) is 4.51. The van der Waals surface area contributed by atoms with E-state index in [0.29, 0.717) is 17.5 Å². The minimum atomic E-state index is -0.277. The van der Waals surface area contributed by atoms with Gasteiger partial charge in [0.1, 0.15) is 5.75 Å². The Balaban J connectivity index is 1.61. The molecule has 2 aromatic heterocycles. The van der Waals surface area contributed by atoms with Crippen LogP contribution in [-0.2, 0) is 11.2 Å². The first kappa shape index (κ1) is 22.8. The molecule has 8 heteroatoms. The number of hydrogen-bond acceptors (Lipinski definition) is 6. The maximum absolute atomic E-state index is 13.2. The van der Waals surface area contributed by atoms with Crippen LogP contribution in [0.5, 0.6) is 5.75 Å². The molecule has 1 N–H and O–H groups in total. The lowest BCUT2D eigenvalue weighted by molar-refractivity contribution is -0.121. The highest BCUT2D eigenvalue weighted by Gasteiger charge is 2.20. The number of benzene rings is 2. The molecule has 0 aliphatic heterocycles. The summed E-state index contributed by atoms with van der Waals surface area (Å²) in [6, 6.07) is 17.5. The van der Waals surface area contributed by atoms with E-state index in [0.717, 1.165) is 33.8 Å². The molecule has 0 aliphatic rings. The second kappa shape index (κ2) is 10.0. The molecule has 2 aromatic carbocycles. The smallest absolute Gasteiger partial charge is 0.253 e. The average Bonchev–Trinajstić information content (AvgIpc) is 3.25. The highest BCUT2D eigenvalue weighted by molar-refractivity contribution is 7.98.